The zero-order valence-corrected chi connectivity index (χ0v) is 8.92. The third-order valence-electron chi connectivity index (χ3n) is 1.44. The van der Waals surface area contributed by atoms with Gasteiger partial charge < -0.3 is 0 Å². The van der Waals surface area contributed by atoms with Crippen LogP contribution in [0.4, 0.5) is 0 Å². The van der Waals surface area contributed by atoms with Crippen LogP contribution in [0.5, 0.6) is 0 Å². The molecule has 0 heterocycles. The van der Waals surface area contributed by atoms with Crippen molar-refractivity contribution >= 4 is 21.9 Å². The number of carbonyl (C=O) groups excluding carboxylic acids is 1. The van der Waals surface area contributed by atoms with Gasteiger partial charge in [-0.25, -0.2) is 4.79 Å². The third kappa shape index (κ3) is 2.82. The summed E-state index contributed by atoms with van der Waals surface area (Å²) in [5.74, 6) is -0.494. The quantitative estimate of drug-likeness (QED) is 0.593. The van der Waals surface area contributed by atoms with Crippen LogP contribution in [0.25, 0.3) is 0 Å². The van der Waals surface area contributed by atoms with E-state index in [9.17, 15) is 4.79 Å². The lowest BCUT2D eigenvalue weighted by Gasteiger charge is -2.01. The van der Waals surface area contributed by atoms with E-state index in [1.165, 1.54) is 7.11 Å². The number of hydrogen-bond acceptors (Lipinski definition) is 3. The van der Waals surface area contributed by atoms with Gasteiger partial charge in [0.25, 0.3) is 0 Å². The zero-order chi connectivity index (χ0) is 9.84. The van der Waals surface area contributed by atoms with E-state index in [2.05, 4.69) is 25.7 Å². The molecular formula is C9H9BrO3. The topological polar surface area (TPSA) is 35.5 Å². The minimum absolute atomic E-state index is 0.466. The average molecular weight is 245 g/mol. The molecule has 13 heavy (non-hydrogen) atoms. The van der Waals surface area contributed by atoms with Crippen molar-refractivity contribution in [1.29, 1.82) is 0 Å². The van der Waals surface area contributed by atoms with Crippen molar-refractivity contribution in [3.8, 4) is 0 Å². The molecule has 0 N–H and O–H groups in total. The number of aryl methyl sites for hydroxylation is 1. The molecule has 0 aromatic heterocycles. The Bertz CT molecular complexity index is 302. The van der Waals surface area contributed by atoms with Gasteiger partial charge in [-0.3, -0.25) is 4.89 Å². The molecule has 4 heteroatoms. The molecule has 0 saturated heterocycles. The van der Waals surface area contributed by atoms with E-state index in [-0.39, 0.29) is 0 Å². The molecule has 0 bridgehead atoms. The summed E-state index contributed by atoms with van der Waals surface area (Å²) in [6, 6.07) is 5.31. The molecule has 3 nitrogen and oxygen atoms in total. The van der Waals surface area contributed by atoms with Crippen molar-refractivity contribution in [2.24, 2.45) is 0 Å². The van der Waals surface area contributed by atoms with Crippen LogP contribution in [-0.4, -0.2) is 13.1 Å². The number of halogens is 1. The summed E-state index contributed by atoms with van der Waals surface area (Å²) >= 11 is 3.28. The highest BCUT2D eigenvalue weighted by Crippen LogP contribution is 2.15. The standard InChI is InChI=1S/C9H9BrO3/c1-6-3-7(5-8(10)4-6)9(11)13-12-2/h3-5H,1-2H3. The molecule has 0 atom stereocenters. The Labute approximate surface area is 84.7 Å². The molecule has 0 aliphatic rings. The molecule has 1 aromatic rings. The van der Waals surface area contributed by atoms with Gasteiger partial charge in [0.05, 0.1) is 12.7 Å². The first-order chi connectivity index (χ1) is 6.13. The summed E-state index contributed by atoms with van der Waals surface area (Å²) in [7, 11) is 1.29. The van der Waals surface area contributed by atoms with E-state index in [1.807, 2.05) is 13.0 Å². The lowest BCUT2D eigenvalue weighted by molar-refractivity contribution is -0.216. The second-order valence-electron chi connectivity index (χ2n) is 2.55. The minimum atomic E-state index is -0.494. The average Bonchev–Trinajstić information content (AvgIpc) is 2.03. The van der Waals surface area contributed by atoms with E-state index in [0.29, 0.717) is 5.56 Å². The minimum Gasteiger partial charge on any atom is -0.293 e. The fraction of sp³-hybridized carbons (Fsp3) is 0.222. The number of carbonyl (C=O) groups is 1. The molecular weight excluding hydrogens is 236 g/mol. The molecule has 0 unspecified atom stereocenters. The predicted molar refractivity (Wildman–Crippen MR) is 51.3 cm³/mol. The van der Waals surface area contributed by atoms with E-state index in [0.717, 1.165) is 10.0 Å². The highest BCUT2D eigenvalue weighted by molar-refractivity contribution is 9.10. The fourth-order valence-corrected chi connectivity index (χ4v) is 1.59. The van der Waals surface area contributed by atoms with Gasteiger partial charge in [0, 0.05) is 4.47 Å². The Morgan fingerprint density at radius 3 is 2.62 bits per heavy atom. The maximum Gasteiger partial charge on any atom is 0.373 e. The van der Waals surface area contributed by atoms with E-state index in [4.69, 9.17) is 0 Å². The van der Waals surface area contributed by atoms with Gasteiger partial charge in [0.2, 0.25) is 0 Å². The van der Waals surface area contributed by atoms with Crippen LogP contribution in [0.2, 0.25) is 0 Å². The number of hydrogen-bond donors (Lipinski definition) is 0. The smallest absolute Gasteiger partial charge is 0.293 e. The van der Waals surface area contributed by atoms with Gasteiger partial charge in [-0.1, -0.05) is 15.9 Å². The summed E-state index contributed by atoms with van der Waals surface area (Å²) in [4.78, 5) is 19.8. The van der Waals surface area contributed by atoms with Crippen LogP contribution >= 0.6 is 15.9 Å². The zero-order valence-electron chi connectivity index (χ0n) is 7.33. The van der Waals surface area contributed by atoms with Crippen LogP contribution in [-0.2, 0) is 9.78 Å². The number of rotatable bonds is 2. The maximum absolute atomic E-state index is 11.2. The van der Waals surface area contributed by atoms with Crippen LogP contribution in [0.3, 0.4) is 0 Å². The van der Waals surface area contributed by atoms with Crippen LogP contribution in [0.1, 0.15) is 15.9 Å². The van der Waals surface area contributed by atoms with Gasteiger partial charge >= 0.3 is 5.97 Å². The van der Waals surface area contributed by atoms with E-state index in [1.54, 1.807) is 12.1 Å². The Morgan fingerprint density at radius 1 is 1.38 bits per heavy atom. The summed E-state index contributed by atoms with van der Waals surface area (Å²) in [5.41, 5.74) is 1.45. The molecule has 0 aliphatic carbocycles. The monoisotopic (exact) mass is 244 g/mol. The van der Waals surface area contributed by atoms with Crippen molar-refractivity contribution in [2.45, 2.75) is 6.92 Å². The molecule has 0 amide bonds. The SMILES string of the molecule is COOC(=O)c1cc(C)cc(Br)c1. The van der Waals surface area contributed by atoms with E-state index < -0.39 is 5.97 Å². The predicted octanol–water partition coefficient (Wildman–Crippen LogP) is 2.48. The molecule has 0 radical (unpaired) electrons. The maximum atomic E-state index is 11.2. The summed E-state index contributed by atoms with van der Waals surface area (Å²) in [6.45, 7) is 1.90. The highest BCUT2D eigenvalue weighted by Gasteiger charge is 2.08. The number of benzene rings is 1. The molecule has 70 valence electrons. The normalized spacial score (nSPS) is 9.77. The highest BCUT2D eigenvalue weighted by atomic mass is 79.9. The summed E-state index contributed by atoms with van der Waals surface area (Å²) < 4.78 is 0.843. The third-order valence-corrected chi connectivity index (χ3v) is 1.89. The van der Waals surface area contributed by atoms with Crippen molar-refractivity contribution in [1.82, 2.24) is 0 Å². The molecule has 0 fully saturated rings. The second-order valence-corrected chi connectivity index (χ2v) is 3.47. The van der Waals surface area contributed by atoms with Gasteiger partial charge in [0.1, 0.15) is 0 Å². The molecule has 0 spiro atoms. The van der Waals surface area contributed by atoms with Crippen molar-refractivity contribution in [3.63, 3.8) is 0 Å². The lowest BCUT2D eigenvalue weighted by Crippen LogP contribution is -2.04. The van der Waals surface area contributed by atoms with Gasteiger partial charge in [0.15, 0.2) is 0 Å². The molecule has 1 rings (SSSR count). The first-order valence-electron chi connectivity index (χ1n) is 3.65. The molecule has 0 saturated carbocycles. The van der Waals surface area contributed by atoms with Crippen LogP contribution < -0.4 is 0 Å². The van der Waals surface area contributed by atoms with Crippen LogP contribution in [0.15, 0.2) is 22.7 Å². The summed E-state index contributed by atoms with van der Waals surface area (Å²) in [5, 5.41) is 0. The lowest BCUT2D eigenvalue weighted by atomic mass is 10.1. The van der Waals surface area contributed by atoms with Crippen LogP contribution in [0, 0.1) is 6.92 Å². The van der Waals surface area contributed by atoms with Gasteiger partial charge in [-0.2, -0.15) is 4.89 Å². The first-order valence-corrected chi connectivity index (χ1v) is 4.45. The Kier molecular flexibility index (Phi) is 3.45. The first kappa shape index (κ1) is 10.2. The fourth-order valence-electron chi connectivity index (χ4n) is 0.978. The summed E-state index contributed by atoms with van der Waals surface area (Å²) in [6.07, 6.45) is 0. The van der Waals surface area contributed by atoms with Gasteiger partial charge in [-0.15, -0.1) is 0 Å². The largest absolute Gasteiger partial charge is 0.373 e. The van der Waals surface area contributed by atoms with Crippen molar-refractivity contribution in [3.05, 3.63) is 33.8 Å². The van der Waals surface area contributed by atoms with Crippen molar-refractivity contribution < 1.29 is 14.6 Å². The van der Waals surface area contributed by atoms with Crippen molar-refractivity contribution in [2.75, 3.05) is 7.11 Å². The van der Waals surface area contributed by atoms with Gasteiger partial charge in [-0.05, 0) is 30.7 Å². The second kappa shape index (κ2) is 4.39. The molecule has 0 aliphatic heterocycles. The Morgan fingerprint density at radius 2 is 2.08 bits per heavy atom. The van der Waals surface area contributed by atoms with E-state index >= 15 is 0 Å². The molecule has 1 aromatic carbocycles. The Hall–Kier alpha value is -0.870. The Balaban J connectivity index is 2.94.